The first-order valence-corrected chi connectivity index (χ1v) is 11.9. The molecule has 31 heavy (non-hydrogen) atoms. The van der Waals surface area contributed by atoms with E-state index in [1.807, 2.05) is 17.9 Å². The van der Waals surface area contributed by atoms with Crippen LogP contribution in [-0.2, 0) is 13.5 Å². The summed E-state index contributed by atoms with van der Waals surface area (Å²) in [5, 5.41) is 19.2. The fourth-order valence-electron chi connectivity index (χ4n) is 5.01. The molecule has 1 aliphatic heterocycles. The third-order valence-corrected chi connectivity index (χ3v) is 7.23. The van der Waals surface area contributed by atoms with Crippen LogP contribution in [-0.4, -0.2) is 44.1 Å². The number of hydrogen-bond acceptors (Lipinski definition) is 6. The third-order valence-electron chi connectivity index (χ3n) is 6.19. The van der Waals surface area contributed by atoms with E-state index in [1.165, 1.54) is 16.7 Å². The minimum atomic E-state index is 0.103. The van der Waals surface area contributed by atoms with E-state index < -0.39 is 0 Å². The second-order valence-electron chi connectivity index (χ2n) is 10.1. The number of aromatic nitrogens is 4. The Balaban J connectivity index is 1.60. The SMILES string of the molecule is CCc1cc(-c2cnn(C)c2)ccc1-c1nnc(N(C)C2CC(C)(C)NC(C)(C)C2)s1. The van der Waals surface area contributed by atoms with Crippen LogP contribution in [0.1, 0.15) is 53.0 Å². The van der Waals surface area contributed by atoms with Crippen molar-refractivity contribution in [3.8, 4) is 21.7 Å². The Hall–Kier alpha value is -2.25. The maximum absolute atomic E-state index is 4.58. The van der Waals surface area contributed by atoms with Crippen molar-refractivity contribution in [2.75, 3.05) is 11.9 Å². The number of benzene rings is 1. The molecule has 3 heterocycles. The van der Waals surface area contributed by atoms with E-state index in [1.54, 1.807) is 11.3 Å². The molecule has 6 nitrogen and oxygen atoms in total. The second kappa shape index (κ2) is 8.02. The Morgan fingerprint density at radius 1 is 1.13 bits per heavy atom. The summed E-state index contributed by atoms with van der Waals surface area (Å²) in [7, 11) is 4.11. The predicted molar refractivity (Wildman–Crippen MR) is 130 cm³/mol. The van der Waals surface area contributed by atoms with Gasteiger partial charge in [0.2, 0.25) is 5.13 Å². The largest absolute Gasteiger partial charge is 0.347 e. The fraction of sp³-hybridized carbons (Fsp3) is 0.542. The third kappa shape index (κ3) is 4.67. The average Bonchev–Trinajstić information content (AvgIpc) is 3.34. The van der Waals surface area contributed by atoms with Crippen molar-refractivity contribution in [1.29, 1.82) is 0 Å². The van der Waals surface area contributed by atoms with Crippen LogP contribution in [0.15, 0.2) is 30.6 Å². The molecule has 0 unspecified atom stereocenters. The molecule has 1 fully saturated rings. The van der Waals surface area contributed by atoms with E-state index in [-0.39, 0.29) is 11.1 Å². The van der Waals surface area contributed by atoms with Crippen LogP contribution in [0, 0.1) is 0 Å². The quantitative estimate of drug-likeness (QED) is 0.613. The standard InChI is InChI=1S/C24H34N6S/c1-8-16-11-17(18-14-25-29(6)15-18)9-10-20(16)21-26-27-22(31-21)30(7)19-12-23(2,3)28-24(4,5)13-19/h9-11,14-15,19,28H,8,12-13H2,1-7H3. The van der Waals surface area contributed by atoms with Crippen LogP contribution in [0.5, 0.6) is 0 Å². The zero-order valence-corrected chi connectivity index (χ0v) is 20.5. The lowest BCUT2D eigenvalue weighted by atomic mass is 9.79. The summed E-state index contributed by atoms with van der Waals surface area (Å²) >= 11 is 1.69. The molecule has 0 atom stereocenters. The van der Waals surface area contributed by atoms with Crippen molar-refractivity contribution in [1.82, 2.24) is 25.3 Å². The number of piperidine rings is 1. The summed E-state index contributed by atoms with van der Waals surface area (Å²) in [4.78, 5) is 2.33. The zero-order valence-electron chi connectivity index (χ0n) is 19.7. The molecule has 1 N–H and O–H groups in total. The molecule has 0 radical (unpaired) electrons. The molecule has 2 aromatic heterocycles. The maximum Gasteiger partial charge on any atom is 0.208 e. The van der Waals surface area contributed by atoms with Crippen LogP contribution < -0.4 is 10.2 Å². The van der Waals surface area contributed by atoms with Crippen molar-refractivity contribution in [3.63, 3.8) is 0 Å². The number of aryl methyl sites for hydroxylation is 2. The average molecular weight is 439 g/mol. The maximum atomic E-state index is 4.58. The summed E-state index contributed by atoms with van der Waals surface area (Å²) in [6.07, 6.45) is 7.08. The van der Waals surface area contributed by atoms with Crippen molar-refractivity contribution in [2.45, 2.75) is 71.0 Å². The van der Waals surface area contributed by atoms with Crippen molar-refractivity contribution in [2.24, 2.45) is 7.05 Å². The van der Waals surface area contributed by atoms with Gasteiger partial charge in [-0.15, -0.1) is 10.2 Å². The lowest BCUT2D eigenvalue weighted by Gasteiger charge is -2.48. The van der Waals surface area contributed by atoms with Crippen LogP contribution in [0.4, 0.5) is 5.13 Å². The Bertz CT molecular complexity index is 1050. The summed E-state index contributed by atoms with van der Waals surface area (Å²) in [5.41, 5.74) is 5.00. The highest BCUT2D eigenvalue weighted by atomic mass is 32.1. The molecule has 0 amide bonds. The van der Waals surface area contributed by atoms with Gasteiger partial charge in [-0.05, 0) is 58.1 Å². The first kappa shape index (κ1) is 22.0. The van der Waals surface area contributed by atoms with Gasteiger partial charge in [0.25, 0.3) is 0 Å². The summed E-state index contributed by atoms with van der Waals surface area (Å²) < 4.78 is 1.84. The Morgan fingerprint density at radius 3 is 2.45 bits per heavy atom. The highest BCUT2D eigenvalue weighted by molar-refractivity contribution is 7.18. The van der Waals surface area contributed by atoms with Gasteiger partial charge in [-0.3, -0.25) is 4.68 Å². The molecule has 0 aliphatic carbocycles. The normalized spacial score (nSPS) is 18.3. The second-order valence-corrected chi connectivity index (χ2v) is 11.0. The van der Waals surface area contributed by atoms with Gasteiger partial charge >= 0.3 is 0 Å². The molecule has 1 aliphatic rings. The Kier molecular flexibility index (Phi) is 5.68. The predicted octanol–water partition coefficient (Wildman–Crippen LogP) is 4.91. The highest BCUT2D eigenvalue weighted by Crippen LogP contribution is 2.37. The number of anilines is 1. The highest BCUT2D eigenvalue weighted by Gasteiger charge is 2.39. The zero-order chi connectivity index (χ0) is 22.4. The molecular weight excluding hydrogens is 404 g/mol. The fourth-order valence-corrected chi connectivity index (χ4v) is 5.95. The molecule has 1 aromatic carbocycles. The van der Waals surface area contributed by atoms with Crippen molar-refractivity contribution < 1.29 is 0 Å². The molecule has 166 valence electrons. The molecule has 4 rings (SSSR count). The van der Waals surface area contributed by atoms with Gasteiger partial charge in [-0.1, -0.05) is 36.5 Å². The smallest absolute Gasteiger partial charge is 0.208 e. The summed E-state index contributed by atoms with van der Waals surface area (Å²) in [5.74, 6) is 0. The van der Waals surface area contributed by atoms with Crippen LogP contribution >= 0.6 is 11.3 Å². The van der Waals surface area contributed by atoms with Crippen LogP contribution in [0.3, 0.4) is 0 Å². The summed E-state index contributed by atoms with van der Waals surface area (Å²) in [6.45, 7) is 11.4. The van der Waals surface area contributed by atoms with E-state index in [2.05, 4.69) is 91.6 Å². The monoisotopic (exact) mass is 438 g/mol. The van der Waals surface area contributed by atoms with E-state index in [9.17, 15) is 0 Å². The summed E-state index contributed by atoms with van der Waals surface area (Å²) in [6, 6.07) is 7.04. The topological polar surface area (TPSA) is 58.9 Å². The van der Waals surface area contributed by atoms with Crippen molar-refractivity contribution >= 4 is 16.5 Å². The van der Waals surface area contributed by atoms with Gasteiger partial charge in [-0.25, -0.2) is 0 Å². The number of nitrogens with one attached hydrogen (secondary N) is 1. The van der Waals surface area contributed by atoms with Gasteiger partial charge in [0.1, 0.15) is 5.01 Å². The van der Waals surface area contributed by atoms with Gasteiger partial charge in [0.05, 0.1) is 6.20 Å². The van der Waals surface area contributed by atoms with Gasteiger partial charge < -0.3 is 10.2 Å². The number of nitrogens with zero attached hydrogens (tertiary/aromatic N) is 5. The molecule has 1 saturated heterocycles. The Morgan fingerprint density at radius 2 is 1.84 bits per heavy atom. The molecule has 7 heteroatoms. The van der Waals surface area contributed by atoms with Gasteiger partial charge in [0, 0.05) is 48.5 Å². The van der Waals surface area contributed by atoms with E-state index in [0.717, 1.165) is 35.0 Å². The van der Waals surface area contributed by atoms with Gasteiger partial charge in [0.15, 0.2) is 0 Å². The first-order valence-electron chi connectivity index (χ1n) is 11.0. The first-order chi connectivity index (χ1) is 14.6. The lowest BCUT2D eigenvalue weighted by molar-refractivity contribution is 0.161. The number of rotatable bonds is 5. The molecule has 0 spiro atoms. The lowest BCUT2D eigenvalue weighted by Crippen LogP contribution is -2.61. The van der Waals surface area contributed by atoms with E-state index >= 15 is 0 Å². The minimum Gasteiger partial charge on any atom is -0.347 e. The molecule has 3 aromatic rings. The van der Waals surface area contributed by atoms with Crippen LogP contribution in [0.2, 0.25) is 0 Å². The minimum absolute atomic E-state index is 0.103. The Labute approximate surface area is 189 Å². The molecule has 0 saturated carbocycles. The van der Waals surface area contributed by atoms with E-state index in [4.69, 9.17) is 0 Å². The van der Waals surface area contributed by atoms with Crippen LogP contribution in [0.25, 0.3) is 21.7 Å². The molecular formula is C24H34N6S. The molecule has 0 bridgehead atoms. The van der Waals surface area contributed by atoms with Crippen molar-refractivity contribution in [3.05, 3.63) is 36.2 Å². The number of hydrogen-bond donors (Lipinski definition) is 1. The van der Waals surface area contributed by atoms with E-state index in [0.29, 0.717) is 6.04 Å². The van der Waals surface area contributed by atoms with Gasteiger partial charge in [-0.2, -0.15) is 5.10 Å².